The van der Waals surface area contributed by atoms with Crippen molar-refractivity contribution in [2.24, 2.45) is 11.1 Å². The van der Waals surface area contributed by atoms with Gasteiger partial charge in [0.2, 0.25) is 29.5 Å². The van der Waals surface area contributed by atoms with Gasteiger partial charge in [0.1, 0.15) is 41.9 Å². The van der Waals surface area contributed by atoms with Crippen LogP contribution >= 0.6 is 18.9 Å². The summed E-state index contributed by atoms with van der Waals surface area (Å²) in [5.74, 6) is -2.44. The van der Waals surface area contributed by atoms with E-state index in [2.05, 4.69) is 31.2 Å². The van der Waals surface area contributed by atoms with Gasteiger partial charge in [-0.05, 0) is 135 Å². The maximum Gasteiger partial charge on any atom is 0.396 e. The highest BCUT2D eigenvalue weighted by Crippen LogP contribution is 2.41. The fourth-order valence-corrected chi connectivity index (χ4v) is 13.3. The molecule has 6 amide bonds. The molecule has 6 aromatic rings. The molecule has 3 aliphatic heterocycles. The number of hydrogen-bond donors (Lipinski definition) is 10. The minimum atomic E-state index is -5.06. The first kappa shape index (κ1) is 64.8. The standard InChI is InChI=1S/C64H78N9O13PS/c1-35(39-18-20-41(21-19-39)56-36(2)66-34-88-56)67-59(78)51-32-45(74)33-72(51)62(81)57(64(4,5)6)71-54(76)17-9-7-8-12-38-13-10-16-46(28-38)86-37(3)47(26-27-53(65)75)69-60(79)52-31-42-15-11-14-40-22-25-49(61(80)73(52)55(40)42)70-58(77)50-30-44-29-43(23-24-48(44)68-50)63(82)87(83,84)85/h10-11,13-16,18-21,23-24,28-30,34-35,37,45,47,49,51-52,54,57,68,71,74,76H,7-9,12,17,22,25-27,31-33H2,1-6H3,(H2,65,75)(H,67,78)(H,69,79)(H,70,77)(H2,83,84,85)/t35-,37+,45+,47-,49-,51-,52-,54?,57+/m0/s1. The van der Waals surface area contributed by atoms with Gasteiger partial charge in [0.15, 0.2) is 0 Å². The molecule has 9 atom stereocenters. The maximum atomic E-state index is 14.6. The number of aliphatic hydroxyl groups is 2. The van der Waals surface area contributed by atoms with Crippen LogP contribution in [-0.4, -0.2) is 131 Å². The summed E-state index contributed by atoms with van der Waals surface area (Å²) in [5.41, 5.74) is 11.7. The first-order valence-electron chi connectivity index (χ1n) is 29.8. The largest absolute Gasteiger partial charge is 0.489 e. The van der Waals surface area contributed by atoms with Gasteiger partial charge in [0, 0.05) is 42.3 Å². The van der Waals surface area contributed by atoms with Gasteiger partial charge in [-0.3, -0.25) is 48.3 Å². The number of β-amino-alcohol motifs (C(OH)–C–C–N with tert-alkyl or cyclic N) is 1. The predicted molar refractivity (Wildman–Crippen MR) is 332 cm³/mol. The number of amides is 6. The van der Waals surface area contributed by atoms with Crippen molar-refractivity contribution in [1.82, 2.24) is 36.1 Å². The van der Waals surface area contributed by atoms with Crippen LogP contribution in [0.1, 0.15) is 141 Å². The minimum Gasteiger partial charge on any atom is -0.489 e. The van der Waals surface area contributed by atoms with Crippen molar-refractivity contribution >= 4 is 76.5 Å². The lowest BCUT2D eigenvalue weighted by Gasteiger charge is -2.37. The number of benzene rings is 4. The van der Waals surface area contributed by atoms with Gasteiger partial charge >= 0.3 is 7.60 Å². The Labute approximate surface area is 514 Å². The molecule has 0 bridgehead atoms. The Morgan fingerprint density at radius 2 is 1.62 bits per heavy atom. The number of aromatic amines is 1. The van der Waals surface area contributed by atoms with Gasteiger partial charge in [-0.2, -0.15) is 0 Å². The number of aryl methyl sites for hydroxylation is 3. The van der Waals surface area contributed by atoms with Crippen molar-refractivity contribution in [2.45, 2.75) is 167 Å². The molecule has 22 nitrogen and oxygen atoms in total. The highest BCUT2D eigenvalue weighted by Gasteiger charge is 2.47. The summed E-state index contributed by atoms with van der Waals surface area (Å²) in [6.45, 7) is 11.3. The maximum absolute atomic E-state index is 14.6. The van der Waals surface area contributed by atoms with Crippen molar-refractivity contribution in [3.63, 3.8) is 0 Å². The fraction of sp³-hybridized carbons (Fsp3) is 0.438. The van der Waals surface area contributed by atoms with Crippen LogP contribution in [0.15, 0.2) is 96.5 Å². The van der Waals surface area contributed by atoms with Gasteiger partial charge in [-0.1, -0.05) is 81.8 Å². The third kappa shape index (κ3) is 15.3. The summed E-state index contributed by atoms with van der Waals surface area (Å²) < 4.78 is 18.1. The van der Waals surface area contributed by atoms with E-state index in [-0.39, 0.29) is 67.8 Å². The number of nitrogens with zero attached hydrogens (tertiary/aromatic N) is 3. The van der Waals surface area contributed by atoms with Crippen LogP contribution in [0, 0.1) is 12.3 Å². The van der Waals surface area contributed by atoms with E-state index in [0.29, 0.717) is 48.0 Å². The number of primary amides is 1. The minimum absolute atomic E-state index is 0.00997. The van der Waals surface area contributed by atoms with Crippen LogP contribution in [0.25, 0.3) is 21.3 Å². The summed E-state index contributed by atoms with van der Waals surface area (Å²) in [7, 11) is -5.06. The number of para-hydroxylation sites is 1. The third-order valence-corrected chi connectivity index (χ3v) is 18.5. The molecule has 0 radical (unpaired) electrons. The van der Waals surface area contributed by atoms with E-state index in [4.69, 9.17) is 10.5 Å². The number of H-pyrrole nitrogens is 1. The van der Waals surface area contributed by atoms with Gasteiger partial charge < -0.3 is 56.3 Å². The number of ether oxygens (including phenoxy) is 1. The molecule has 0 spiro atoms. The number of nitrogens with two attached hydrogens (primary N) is 1. The molecule has 9 rings (SSSR count). The average molecular weight is 1240 g/mol. The molecule has 0 saturated carbocycles. The monoisotopic (exact) mass is 1240 g/mol. The van der Waals surface area contributed by atoms with E-state index in [1.165, 1.54) is 34.1 Å². The summed E-state index contributed by atoms with van der Waals surface area (Å²) in [6.07, 6.45) is 1.56. The smallest absolute Gasteiger partial charge is 0.396 e. The van der Waals surface area contributed by atoms with E-state index < -0.39 is 90.8 Å². The topological polar surface area (TPSA) is 336 Å². The van der Waals surface area contributed by atoms with Gasteiger partial charge in [-0.15, -0.1) is 11.3 Å². The molecule has 11 N–H and O–H groups in total. The van der Waals surface area contributed by atoms with Crippen LogP contribution in [0.3, 0.4) is 0 Å². The Hall–Kier alpha value is -7.63. The van der Waals surface area contributed by atoms with Crippen molar-refractivity contribution in [2.75, 3.05) is 11.4 Å². The number of likely N-dealkylation sites (tertiary alicyclic amines) is 1. The van der Waals surface area contributed by atoms with Crippen LogP contribution < -0.4 is 36.6 Å². The Morgan fingerprint density at radius 1 is 0.898 bits per heavy atom. The van der Waals surface area contributed by atoms with Crippen LogP contribution in [0.4, 0.5) is 5.69 Å². The molecule has 88 heavy (non-hydrogen) atoms. The zero-order chi connectivity index (χ0) is 63.4. The van der Waals surface area contributed by atoms with Crippen molar-refractivity contribution in [3.05, 3.63) is 136 Å². The Bertz CT molecular complexity index is 3630. The molecule has 24 heteroatoms. The number of hydrogen-bond acceptors (Lipinski definition) is 14. The zero-order valence-electron chi connectivity index (χ0n) is 50.2. The quantitative estimate of drug-likeness (QED) is 0.0168. The number of aromatic nitrogens is 2. The Morgan fingerprint density at radius 3 is 2.33 bits per heavy atom. The number of rotatable bonds is 25. The zero-order valence-corrected chi connectivity index (χ0v) is 51.9. The Kier molecular flexibility index (Phi) is 20.2. The molecule has 1 fully saturated rings. The van der Waals surface area contributed by atoms with Crippen molar-refractivity contribution < 1.29 is 62.9 Å². The lowest BCUT2D eigenvalue weighted by molar-refractivity contribution is -0.143. The molecule has 4 aromatic carbocycles. The predicted octanol–water partition coefficient (Wildman–Crippen LogP) is 6.40. The summed E-state index contributed by atoms with van der Waals surface area (Å²) >= 11 is 1.56. The van der Waals surface area contributed by atoms with Crippen LogP contribution in [0.5, 0.6) is 5.75 Å². The average Bonchev–Trinajstić information content (AvgIpc) is 1.69. The lowest BCUT2D eigenvalue weighted by atomic mass is 9.85. The first-order valence-corrected chi connectivity index (χ1v) is 32.3. The fourth-order valence-electron chi connectivity index (χ4n) is 12.0. The van der Waals surface area contributed by atoms with Crippen molar-refractivity contribution in [3.8, 4) is 16.2 Å². The number of aliphatic hydroxyl groups excluding tert-OH is 2. The molecule has 2 aromatic heterocycles. The second kappa shape index (κ2) is 27.4. The first-order chi connectivity index (χ1) is 41.7. The van der Waals surface area contributed by atoms with Gasteiger partial charge in [0.05, 0.1) is 46.0 Å². The van der Waals surface area contributed by atoms with E-state index >= 15 is 0 Å². The molecule has 1 unspecified atom stereocenters. The van der Waals surface area contributed by atoms with E-state index in [1.807, 2.05) is 101 Å². The summed E-state index contributed by atoms with van der Waals surface area (Å²) in [6, 6.07) is 21.5. The second-order valence-electron chi connectivity index (χ2n) is 24.4. The van der Waals surface area contributed by atoms with E-state index in [0.717, 1.165) is 51.2 Å². The number of thiazole rings is 1. The summed E-state index contributed by atoms with van der Waals surface area (Å²) in [5, 5.41) is 34.5. The highest BCUT2D eigenvalue weighted by atomic mass is 32.1. The number of anilines is 1. The number of carbonyl (C=O) groups is 7. The normalized spacial score (nSPS) is 19.3. The highest BCUT2D eigenvalue weighted by molar-refractivity contribution is 7.70. The molecule has 0 aliphatic carbocycles. The molecule has 468 valence electrons. The molecule has 3 aliphatic rings. The molecular weight excluding hydrogens is 1170 g/mol. The Balaban J connectivity index is 0.769. The number of fused-ring (bicyclic) bond motifs is 1. The lowest BCUT2D eigenvalue weighted by Crippen LogP contribution is -2.58. The van der Waals surface area contributed by atoms with Crippen LogP contribution in [-0.2, 0) is 47.8 Å². The van der Waals surface area contributed by atoms with Gasteiger partial charge in [-0.25, -0.2) is 4.98 Å². The van der Waals surface area contributed by atoms with Crippen LogP contribution in [0.2, 0.25) is 0 Å². The number of carbonyl (C=O) groups excluding carboxylic acids is 7. The van der Waals surface area contributed by atoms with E-state index in [9.17, 15) is 58.1 Å². The summed E-state index contributed by atoms with van der Waals surface area (Å²) in [4.78, 5) is 126. The third-order valence-electron chi connectivity index (χ3n) is 16.8. The number of nitrogens with one attached hydrogen (secondary N) is 5. The number of unbranched alkanes of at least 4 members (excludes halogenated alkanes) is 2. The SMILES string of the molecule is Cc1ncsc1-c1ccc([C@H](C)NC(=O)[C@@H]2C[C@@H](O)CN2C(=O)[C@@H](NC(O)CCCCCc2cccc(O[C@H](C)[C@H](CCC(N)=O)NC(=O)[C@@H]3Cc4cccc5c4N3C(=O)[C@@H](NC(=O)c3cc4cc(C(=O)P(=O)(O)O)ccc4[nH]3)CC5)c2)C(C)(C)C)cc1. The van der Waals surface area contributed by atoms with Crippen molar-refractivity contribution in [1.29, 1.82) is 0 Å². The molecule has 1 saturated heterocycles. The molecule has 5 heterocycles. The van der Waals surface area contributed by atoms with Gasteiger partial charge in [0.25, 0.3) is 11.4 Å². The molecular formula is C64H78N9O13PS. The van der Waals surface area contributed by atoms with E-state index in [1.54, 1.807) is 24.3 Å². The second-order valence-corrected chi connectivity index (χ2v) is 26.8.